The van der Waals surface area contributed by atoms with Gasteiger partial charge in [0, 0.05) is 17.1 Å². The fourth-order valence-corrected chi connectivity index (χ4v) is 2.57. The van der Waals surface area contributed by atoms with Crippen molar-refractivity contribution in [2.75, 3.05) is 11.5 Å². The summed E-state index contributed by atoms with van der Waals surface area (Å²) in [5.74, 6) is 2.08. The molecule has 0 radical (unpaired) electrons. The van der Waals surface area contributed by atoms with Crippen LogP contribution in [0.15, 0.2) is 36.5 Å². The SMILES string of the molecule is CCSCCC(O)c1cccc2cccnc12. The molecular formula is C14H17NOS. The Morgan fingerprint density at radius 2 is 2.12 bits per heavy atom. The van der Waals surface area contributed by atoms with E-state index in [4.69, 9.17) is 0 Å². The number of aliphatic hydroxyl groups excluding tert-OH is 1. The Labute approximate surface area is 106 Å². The summed E-state index contributed by atoms with van der Waals surface area (Å²) in [4.78, 5) is 4.36. The van der Waals surface area contributed by atoms with Gasteiger partial charge in [-0.3, -0.25) is 4.98 Å². The van der Waals surface area contributed by atoms with Crippen molar-refractivity contribution < 1.29 is 5.11 Å². The van der Waals surface area contributed by atoms with Crippen molar-refractivity contribution in [1.29, 1.82) is 0 Å². The van der Waals surface area contributed by atoms with Gasteiger partial charge in [0.2, 0.25) is 0 Å². The van der Waals surface area contributed by atoms with E-state index in [2.05, 4.69) is 11.9 Å². The highest BCUT2D eigenvalue weighted by Crippen LogP contribution is 2.25. The van der Waals surface area contributed by atoms with Crippen molar-refractivity contribution in [3.8, 4) is 0 Å². The van der Waals surface area contributed by atoms with Crippen LogP contribution in [0.5, 0.6) is 0 Å². The summed E-state index contributed by atoms with van der Waals surface area (Å²) in [7, 11) is 0. The highest BCUT2D eigenvalue weighted by molar-refractivity contribution is 7.99. The van der Waals surface area contributed by atoms with E-state index >= 15 is 0 Å². The molecule has 0 bridgehead atoms. The van der Waals surface area contributed by atoms with Crippen LogP contribution < -0.4 is 0 Å². The van der Waals surface area contributed by atoms with Gasteiger partial charge in [-0.05, 0) is 24.0 Å². The van der Waals surface area contributed by atoms with Crippen molar-refractivity contribution >= 4 is 22.7 Å². The second kappa shape index (κ2) is 6.03. The molecule has 1 heterocycles. The normalized spacial score (nSPS) is 12.8. The van der Waals surface area contributed by atoms with Crippen molar-refractivity contribution in [1.82, 2.24) is 4.98 Å². The molecule has 2 nitrogen and oxygen atoms in total. The molecule has 0 saturated heterocycles. The van der Waals surface area contributed by atoms with E-state index in [9.17, 15) is 5.11 Å². The zero-order valence-electron chi connectivity index (χ0n) is 9.97. The lowest BCUT2D eigenvalue weighted by molar-refractivity contribution is 0.176. The molecule has 1 unspecified atom stereocenters. The van der Waals surface area contributed by atoms with Crippen LogP contribution in [0.3, 0.4) is 0 Å². The predicted octanol–water partition coefficient (Wildman–Crippen LogP) is 3.41. The molecule has 1 N–H and O–H groups in total. The molecule has 1 atom stereocenters. The maximum atomic E-state index is 10.2. The molecule has 1 aromatic carbocycles. The van der Waals surface area contributed by atoms with E-state index in [1.165, 1.54) is 0 Å². The van der Waals surface area contributed by atoms with E-state index in [0.717, 1.165) is 34.4 Å². The zero-order valence-corrected chi connectivity index (χ0v) is 10.8. The number of fused-ring (bicyclic) bond motifs is 1. The van der Waals surface area contributed by atoms with Gasteiger partial charge in [0.15, 0.2) is 0 Å². The molecule has 0 aliphatic heterocycles. The third-order valence-electron chi connectivity index (χ3n) is 2.76. The van der Waals surface area contributed by atoms with Crippen LogP contribution in [-0.4, -0.2) is 21.6 Å². The predicted molar refractivity (Wildman–Crippen MR) is 74.3 cm³/mol. The lowest BCUT2D eigenvalue weighted by Gasteiger charge is -2.12. The first-order chi connectivity index (χ1) is 8.33. The van der Waals surface area contributed by atoms with Crippen LogP contribution in [0.25, 0.3) is 10.9 Å². The van der Waals surface area contributed by atoms with Crippen LogP contribution in [0.1, 0.15) is 25.0 Å². The first-order valence-corrected chi connectivity index (χ1v) is 7.08. The van der Waals surface area contributed by atoms with Crippen LogP contribution in [0, 0.1) is 0 Å². The van der Waals surface area contributed by atoms with Crippen molar-refractivity contribution in [3.63, 3.8) is 0 Å². The van der Waals surface area contributed by atoms with Crippen LogP contribution in [0.4, 0.5) is 0 Å². The molecule has 2 rings (SSSR count). The summed E-state index contributed by atoms with van der Waals surface area (Å²) in [6.07, 6.45) is 2.15. The third kappa shape index (κ3) is 2.99. The van der Waals surface area contributed by atoms with Crippen molar-refractivity contribution in [2.24, 2.45) is 0 Å². The lowest BCUT2D eigenvalue weighted by atomic mass is 10.0. The van der Waals surface area contributed by atoms with Gasteiger partial charge in [0.25, 0.3) is 0 Å². The highest BCUT2D eigenvalue weighted by Gasteiger charge is 2.11. The van der Waals surface area contributed by atoms with Crippen LogP contribution >= 0.6 is 11.8 Å². The Bertz CT molecular complexity index is 481. The second-order valence-electron chi connectivity index (χ2n) is 3.92. The van der Waals surface area contributed by atoms with Gasteiger partial charge in [-0.2, -0.15) is 11.8 Å². The first kappa shape index (κ1) is 12.4. The van der Waals surface area contributed by atoms with Gasteiger partial charge in [0.1, 0.15) is 0 Å². The Balaban J connectivity index is 2.22. The van der Waals surface area contributed by atoms with E-state index in [1.54, 1.807) is 6.20 Å². The maximum absolute atomic E-state index is 10.2. The molecule has 2 aromatic rings. The fourth-order valence-electron chi connectivity index (χ4n) is 1.89. The molecule has 0 fully saturated rings. The highest BCUT2D eigenvalue weighted by atomic mass is 32.2. The molecule has 0 saturated carbocycles. The van der Waals surface area contributed by atoms with Gasteiger partial charge in [0.05, 0.1) is 11.6 Å². The summed E-state index contributed by atoms with van der Waals surface area (Å²) < 4.78 is 0. The minimum atomic E-state index is -0.410. The number of benzene rings is 1. The number of pyridine rings is 1. The summed E-state index contributed by atoms with van der Waals surface area (Å²) in [5.41, 5.74) is 1.86. The Hall–Kier alpha value is -1.06. The van der Waals surface area contributed by atoms with Gasteiger partial charge in [-0.15, -0.1) is 0 Å². The monoisotopic (exact) mass is 247 g/mol. The average Bonchev–Trinajstić information content (AvgIpc) is 2.38. The number of aromatic nitrogens is 1. The number of aliphatic hydroxyl groups is 1. The van der Waals surface area contributed by atoms with E-state index in [1.807, 2.05) is 42.1 Å². The minimum Gasteiger partial charge on any atom is -0.388 e. The molecular weight excluding hydrogens is 230 g/mol. The number of para-hydroxylation sites is 1. The number of hydrogen-bond donors (Lipinski definition) is 1. The van der Waals surface area contributed by atoms with Gasteiger partial charge >= 0.3 is 0 Å². The molecule has 3 heteroatoms. The first-order valence-electron chi connectivity index (χ1n) is 5.92. The van der Waals surface area contributed by atoms with E-state index in [0.29, 0.717) is 0 Å². The topological polar surface area (TPSA) is 33.1 Å². The number of hydrogen-bond acceptors (Lipinski definition) is 3. The molecule has 90 valence electrons. The minimum absolute atomic E-state index is 0.410. The van der Waals surface area contributed by atoms with Gasteiger partial charge < -0.3 is 5.11 Å². The molecule has 0 amide bonds. The third-order valence-corrected chi connectivity index (χ3v) is 3.70. The zero-order chi connectivity index (χ0) is 12.1. The summed E-state index contributed by atoms with van der Waals surface area (Å²) in [6, 6.07) is 9.93. The Morgan fingerprint density at radius 1 is 1.29 bits per heavy atom. The Morgan fingerprint density at radius 3 is 2.94 bits per heavy atom. The number of rotatable bonds is 5. The second-order valence-corrected chi connectivity index (χ2v) is 5.32. The van der Waals surface area contributed by atoms with Gasteiger partial charge in [-0.1, -0.05) is 31.2 Å². The average molecular weight is 247 g/mol. The van der Waals surface area contributed by atoms with E-state index in [-0.39, 0.29) is 0 Å². The van der Waals surface area contributed by atoms with Crippen LogP contribution in [-0.2, 0) is 0 Å². The number of thioether (sulfide) groups is 1. The molecule has 0 aliphatic rings. The largest absolute Gasteiger partial charge is 0.388 e. The molecule has 0 aliphatic carbocycles. The molecule has 1 aromatic heterocycles. The fraction of sp³-hybridized carbons (Fsp3) is 0.357. The smallest absolute Gasteiger partial charge is 0.0819 e. The summed E-state index contributed by atoms with van der Waals surface area (Å²) >= 11 is 1.86. The Kier molecular flexibility index (Phi) is 4.40. The number of nitrogens with zero attached hydrogens (tertiary/aromatic N) is 1. The maximum Gasteiger partial charge on any atom is 0.0819 e. The van der Waals surface area contributed by atoms with Crippen molar-refractivity contribution in [3.05, 3.63) is 42.1 Å². The quantitative estimate of drug-likeness (QED) is 0.822. The van der Waals surface area contributed by atoms with Gasteiger partial charge in [-0.25, -0.2) is 0 Å². The lowest BCUT2D eigenvalue weighted by Crippen LogP contribution is -2.01. The molecule has 17 heavy (non-hydrogen) atoms. The summed E-state index contributed by atoms with van der Waals surface area (Å²) in [6.45, 7) is 2.14. The van der Waals surface area contributed by atoms with Crippen LogP contribution in [0.2, 0.25) is 0 Å². The molecule has 0 spiro atoms. The van der Waals surface area contributed by atoms with E-state index < -0.39 is 6.10 Å². The summed E-state index contributed by atoms with van der Waals surface area (Å²) in [5, 5.41) is 11.3. The van der Waals surface area contributed by atoms with Crippen molar-refractivity contribution in [2.45, 2.75) is 19.4 Å². The standard InChI is InChI=1S/C14H17NOS/c1-2-17-10-8-13(16)12-7-3-5-11-6-4-9-15-14(11)12/h3-7,9,13,16H,2,8,10H2,1H3.